The van der Waals surface area contributed by atoms with Crippen LogP contribution in [0.4, 0.5) is 26.3 Å². The molecule has 0 bridgehead atoms. The molecule has 1 aromatic rings. The monoisotopic (exact) mass is 339 g/mol. The first kappa shape index (κ1) is 15.4. The molecule has 0 saturated heterocycles. The van der Waals surface area contributed by atoms with Gasteiger partial charge in [0.2, 0.25) is 0 Å². The van der Waals surface area contributed by atoms with Crippen LogP contribution in [0.5, 0.6) is 0 Å². The van der Waals surface area contributed by atoms with E-state index >= 15 is 0 Å². The van der Waals surface area contributed by atoms with Crippen molar-refractivity contribution in [1.29, 1.82) is 0 Å². The molecule has 0 saturated carbocycles. The maximum Gasteiger partial charge on any atom is 0.402 e. The molecule has 1 rings (SSSR count). The van der Waals surface area contributed by atoms with Gasteiger partial charge in [-0.25, -0.2) is 0 Å². The van der Waals surface area contributed by atoms with Crippen molar-refractivity contribution in [2.45, 2.75) is 18.4 Å². The summed E-state index contributed by atoms with van der Waals surface area (Å²) in [6.07, 6.45) is -9.86. The molecule has 104 valence electrons. The Kier molecular flexibility index (Phi) is 4.37. The highest BCUT2D eigenvalue weighted by atomic mass is 79.9. The molecule has 18 heavy (non-hydrogen) atoms. The van der Waals surface area contributed by atoms with Crippen LogP contribution in [0.2, 0.25) is 0 Å². The fourth-order valence-electron chi connectivity index (χ4n) is 1.54. The Balaban J connectivity index is 3.23. The van der Waals surface area contributed by atoms with E-state index < -0.39 is 30.1 Å². The standard InChI is InChI=1S/C9H8BrF6NO/c1-17-5(6-4(10)2-3-18-6)7(8(11,12)13)9(14,15)16/h2-3,5,7,17H,1H3. The third-order valence-electron chi connectivity index (χ3n) is 2.28. The summed E-state index contributed by atoms with van der Waals surface area (Å²) in [5.41, 5.74) is 0. The van der Waals surface area contributed by atoms with E-state index in [1.807, 2.05) is 5.32 Å². The van der Waals surface area contributed by atoms with E-state index in [9.17, 15) is 26.3 Å². The van der Waals surface area contributed by atoms with Crippen LogP contribution in [0.15, 0.2) is 21.2 Å². The van der Waals surface area contributed by atoms with E-state index in [1.54, 1.807) is 0 Å². The second-order valence-electron chi connectivity index (χ2n) is 3.46. The van der Waals surface area contributed by atoms with Crippen molar-refractivity contribution >= 4 is 15.9 Å². The van der Waals surface area contributed by atoms with Gasteiger partial charge in [-0.3, -0.25) is 0 Å². The first-order valence-electron chi connectivity index (χ1n) is 4.62. The lowest BCUT2D eigenvalue weighted by atomic mass is 9.96. The Hall–Kier alpha value is -0.700. The molecule has 0 aromatic carbocycles. The van der Waals surface area contributed by atoms with Crippen molar-refractivity contribution in [2.24, 2.45) is 5.92 Å². The summed E-state index contributed by atoms with van der Waals surface area (Å²) in [7, 11) is 1.00. The Bertz CT molecular complexity index is 384. The number of rotatable bonds is 3. The second-order valence-corrected chi connectivity index (χ2v) is 4.31. The van der Waals surface area contributed by atoms with Gasteiger partial charge in [-0.15, -0.1) is 0 Å². The van der Waals surface area contributed by atoms with Crippen molar-refractivity contribution in [2.75, 3.05) is 7.05 Å². The highest BCUT2D eigenvalue weighted by Gasteiger charge is 2.61. The third kappa shape index (κ3) is 3.19. The fraction of sp³-hybridized carbons (Fsp3) is 0.556. The number of furan rings is 1. The smallest absolute Gasteiger partial charge is 0.402 e. The molecule has 1 unspecified atom stereocenters. The number of nitrogens with one attached hydrogen (secondary N) is 1. The summed E-state index contributed by atoms with van der Waals surface area (Å²) >= 11 is 2.84. The van der Waals surface area contributed by atoms with Crippen LogP contribution in [-0.4, -0.2) is 19.4 Å². The summed E-state index contributed by atoms with van der Waals surface area (Å²) in [4.78, 5) is 0. The largest absolute Gasteiger partial charge is 0.466 e. The minimum atomic E-state index is -5.43. The van der Waals surface area contributed by atoms with E-state index in [-0.39, 0.29) is 4.47 Å². The Morgan fingerprint density at radius 2 is 1.67 bits per heavy atom. The molecular formula is C9H8BrF6NO. The van der Waals surface area contributed by atoms with Crippen LogP contribution in [0.1, 0.15) is 11.8 Å². The Labute approximate surface area is 106 Å². The van der Waals surface area contributed by atoms with Crippen LogP contribution in [0.25, 0.3) is 0 Å². The molecule has 0 spiro atoms. The van der Waals surface area contributed by atoms with Gasteiger partial charge in [-0.2, -0.15) is 26.3 Å². The van der Waals surface area contributed by atoms with Crippen molar-refractivity contribution in [3.63, 3.8) is 0 Å². The third-order valence-corrected chi connectivity index (χ3v) is 2.93. The van der Waals surface area contributed by atoms with Crippen molar-refractivity contribution in [3.8, 4) is 0 Å². The number of hydrogen-bond donors (Lipinski definition) is 1. The topological polar surface area (TPSA) is 25.2 Å². The minimum Gasteiger partial charge on any atom is -0.466 e. The molecule has 0 aliphatic rings. The van der Waals surface area contributed by atoms with Gasteiger partial charge in [0.1, 0.15) is 5.76 Å². The Morgan fingerprint density at radius 3 is 1.94 bits per heavy atom. The molecule has 9 heteroatoms. The van der Waals surface area contributed by atoms with E-state index in [1.165, 1.54) is 6.07 Å². The van der Waals surface area contributed by atoms with Crippen molar-refractivity contribution in [3.05, 3.63) is 22.6 Å². The quantitative estimate of drug-likeness (QED) is 0.840. The number of hydrogen-bond acceptors (Lipinski definition) is 2. The van der Waals surface area contributed by atoms with Gasteiger partial charge < -0.3 is 9.73 Å². The highest BCUT2D eigenvalue weighted by molar-refractivity contribution is 9.10. The lowest BCUT2D eigenvalue weighted by Gasteiger charge is -2.29. The predicted molar refractivity (Wildman–Crippen MR) is 53.8 cm³/mol. The zero-order valence-electron chi connectivity index (χ0n) is 8.86. The summed E-state index contributed by atoms with van der Waals surface area (Å²) < 4.78 is 80.1. The van der Waals surface area contributed by atoms with Gasteiger partial charge in [0, 0.05) is 0 Å². The first-order chi connectivity index (χ1) is 8.09. The minimum absolute atomic E-state index is 0.0420. The van der Waals surface area contributed by atoms with Gasteiger partial charge in [0.05, 0.1) is 16.8 Å². The molecule has 1 N–H and O–H groups in total. The van der Waals surface area contributed by atoms with Crippen LogP contribution in [-0.2, 0) is 0 Å². The first-order valence-corrected chi connectivity index (χ1v) is 5.42. The Morgan fingerprint density at radius 1 is 1.17 bits per heavy atom. The SMILES string of the molecule is CNC(c1occc1Br)C(C(F)(F)F)C(F)(F)F. The molecule has 1 aromatic heterocycles. The average molecular weight is 340 g/mol. The van der Waals surface area contributed by atoms with Crippen molar-refractivity contribution < 1.29 is 30.8 Å². The predicted octanol–water partition coefficient (Wildman–Crippen LogP) is 4.04. The lowest BCUT2D eigenvalue weighted by molar-refractivity contribution is -0.293. The maximum absolute atomic E-state index is 12.6. The van der Waals surface area contributed by atoms with Gasteiger partial charge >= 0.3 is 12.4 Å². The summed E-state index contributed by atoms with van der Waals surface area (Å²) in [6.45, 7) is 0. The van der Waals surface area contributed by atoms with Gasteiger partial charge in [0.25, 0.3) is 0 Å². The molecule has 0 aliphatic heterocycles. The molecular weight excluding hydrogens is 332 g/mol. The van der Waals surface area contributed by atoms with Crippen LogP contribution in [0, 0.1) is 5.92 Å². The van der Waals surface area contributed by atoms with Crippen LogP contribution in [0.3, 0.4) is 0 Å². The molecule has 1 atom stereocenters. The summed E-state index contributed by atoms with van der Waals surface area (Å²) in [5, 5.41) is 1.99. The van der Waals surface area contributed by atoms with Gasteiger partial charge in [0.15, 0.2) is 5.92 Å². The molecule has 2 nitrogen and oxygen atoms in total. The van der Waals surface area contributed by atoms with E-state index in [4.69, 9.17) is 0 Å². The van der Waals surface area contributed by atoms with Gasteiger partial charge in [-0.1, -0.05) is 0 Å². The summed E-state index contributed by atoms with van der Waals surface area (Å²) in [6, 6.07) is -0.821. The zero-order chi connectivity index (χ0) is 14.1. The van der Waals surface area contributed by atoms with Crippen molar-refractivity contribution in [1.82, 2.24) is 5.32 Å². The van der Waals surface area contributed by atoms with E-state index in [2.05, 4.69) is 20.3 Å². The van der Waals surface area contributed by atoms with E-state index in [0.717, 1.165) is 13.3 Å². The summed E-state index contributed by atoms with van der Waals surface area (Å²) in [5.74, 6) is -3.99. The molecule has 0 aliphatic carbocycles. The molecule has 0 radical (unpaired) electrons. The maximum atomic E-state index is 12.6. The van der Waals surface area contributed by atoms with Crippen LogP contribution >= 0.6 is 15.9 Å². The molecule has 0 fully saturated rings. The van der Waals surface area contributed by atoms with Crippen LogP contribution < -0.4 is 5.32 Å². The van der Waals surface area contributed by atoms with Gasteiger partial charge in [-0.05, 0) is 29.0 Å². The molecule has 0 amide bonds. The lowest BCUT2D eigenvalue weighted by Crippen LogP contribution is -2.45. The molecule has 1 heterocycles. The average Bonchev–Trinajstić information content (AvgIpc) is 2.56. The highest BCUT2D eigenvalue weighted by Crippen LogP contribution is 2.47. The number of alkyl halides is 6. The van der Waals surface area contributed by atoms with E-state index in [0.29, 0.717) is 0 Å². The zero-order valence-corrected chi connectivity index (χ0v) is 10.4. The second kappa shape index (κ2) is 5.12. The fourth-order valence-corrected chi connectivity index (χ4v) is 1.99. The number of halogens is 7. The normalized spacial score (nSPS) is 15.2.